The molecule has 0 saturated heterocycles. The van der Waals surface area contributed by atoms with Crippen LogP contribution in [0.2, 0.25) is 0 Å². The minimum Gasteiger partial charge on any atom is -0.486 e. The molecule has 8 rings (SSSR count). The number of ether oxygens (including phenoxy) is 2. The van der Waals surface area contributed by atoms with Crippen molar-refractivity contribution >= 4 is 11.0 Å². The van der Waals surface area contributed by atoms with E-state index in [1.54, 1.807) is 4.80 Å². The second-order valence-corrected chi connectivity index (χ2v) is 12.7. The van der Waals surface area contributed by atoms with Crippen LogP contribution in [0.5, 0.6) is 11.6 Å². The van der Waals surface area contributed by atoms with Crippen LogP contribution in [0, 0.1) is 0 Å². The normalized spacial score (nSPS) is 11.4. The van der Waals surface area contributed by atoms with Gasteiger partial charge in [-0.3, -0.25) is 4.98 Å². The van der Waals surface area contributed by atoms with Gasteiger partial charge >= 0.3 is 0 Å². The largest absolute Gasteiger partial charge is 0.486 e. The average Bonchev–Trinajstić information content (AvgIpc) is 3.72. The molecule has 5 aromatic carbocycles. The van der Waals surface area contributed by atoms with Gasteiger partial charge in [-0.05, 0) is 58.0 Å². The molecule has 3 heterocycles. The lowest BCUT2D eigenvalue weighted by Crippen LogP contribution is -2.39. The first kappa shape index (κ1) is 33.5. The Morgan fingerprint density at radius 1 is 0.604 bits per heavy atom. The number of fused-ring (bicyclic) bond motifs is 1. The molecule has 0 N–H and O–H groups in total. The first-order valence-corrected chi connectivity index (χ1v) is 17.9. The summed E-state index contributed by atoms with van der Waals surface area (Å²) in [6, 6.07) is 53.4. The molecule has 0 saturated carbocycles. The Hall–Kier alpha value is -6.67. The van der Waals surface area contributed by atoms with E-state index in [9.17, 15) is 0 Å². The number of benzene rings is 5. The first-order chi connectivity index (χ1) is 26.2. The molecule has 0 spiro atoms. The summed E-state index contributed by atoms with van der Waals surface area (Å²) in [6.07, 6.45) is 0.794. The highest BCUT2D eigenvalue weighted by atomic mass is 16.5. The number of aryl methyl sites for hydroxylation is 1. The zero-order valence-electron chi connectivity index (χ0n) is 29.6. The van der Waals surface area contributed by atoms with E-state index in [0.717, 1.165) is 56.6 Å². The summed E-state index contributed by atoms with van der Waals surface area (Å²) in [7, 11) is 0. The molecular weight excluding hydrogens is 657 g/mol. The summed E-state index contributed by atoms with van der Waals surface area (Å²) in [5.41, 5.74) is 8.61. The van der Waals surface area contributed by atoms with Gasteiger partial charge in [0.1, 0.15) is 17.9 Å². The van der Waals surface area contributed by atoms with Gasteiger partial charge in [-0.25, -0.2) is 4.98 Å². The van der Waals surface area contributed by atoms with Crippen LogP contribution in [0.25, 0.3) is 33.5 Å². The van der Waals surface area contributed by atoms with Crippen LogP contribution in [-0.4, -0.2) is 36.8 Å². The molecule has 0 unspecified atom stereocenters. The third-order valence-corrected chi connectivity index (χ3v) is 9.41. The van der Waals surface area contributed by atoms with Crippen molar-refractivity contribution in [2.24, 2.45) is 0 Å². The van der Waals surface area contributed by atoms with Crippen molar-refractivity contribution in [3.8, 4) is 34.1 Å². The van der Waals surface area contributed by atoms with Crippen LogP contribution < -0.4 is 9.47 Å². The van der Waals surface area contributed by atoms with E-state index >= 15 is 0 Å². The Kier molecular flexibility index (Phi) is 9.41. The summed E-state index contributed by atoms with van der Waals surface area (Å²) < 4.78 is 12.0. The van der Waals surface area contributed by atoms with E-state index in [-0.39, 0.29) is 0 Å². The highest BCUT2D eigenvalue weighted by Crippen LogP contribution is 2.40. The highest BCUT2D eigenvalue weighted by molar-refractivity contribution is 5.82. The van der Waals surface area contributed by atoms with E-state index in [2.05, 4.69) is 115 Å². The third-order valence-electron chi connectivity index (χ3n) is 9.41. The predicted octanol–water partition coefficient (Wildman–Crippen LogP) is 9.33. The number of tetrazole rings is 1. The van der Waals surface area contributed by atoms with Crippen LogP contribution in [0.3, 0.4) is 0 Å². The van der Waals surface area contributed by atoms with E-state index < -0.39 is 5.54 Å². The quantitative estimate of drug-likeness (QED) is 0.118. The Balaban J connectivity index is 1.12. The van der Waals surface area contributed by atoms with Crippen molar-refractivity contribution < 1.29 is 9.47 Å². The van der Waals surface area contributed by atoms with Crippen LogP contribution in [0.4, 0.5) is 0 Å². The van der Waals surface area contributed by atoms with Gasteiger partial charge in [-0.2, -0.15) is 0 Å². The lowest BCUT2D eigenvalue weighted by Gasteiger charge is -2.34. The summed E-state index contributed by atoms with van der Waals surface area (Å²) >= 11 is 0. The van der Waals surface area contributed by atoms with Crippen LogP contribution in [0.15, 0.2) is 158 Å². The zero-order valence-corrected chi connectivity index (χ0v) is 29.6. The number of pyridine rings is 2. The van der Waals surface area contributed by atoms with Crippen molar-refractivity contribution in [1.29, 1.82) is 0 Å². The molecule has 0 fully saturated rings. The lowest BCUT2D eigenvalue weighted by molar-refractivity contribution is 0.307. The van der Waals surface area contributed by atoms with Gasteiger partial charge < -0.3 is 9.47 Å². The number of hydrogen-bond donors (Lipinski definition) is 0. The molecule has 0 radical (unpaired) electrons. The Labute approximate surface area is 308 Å². The lowest BCUT2D eigenvalue weighted by atomic mass is 9.77. The molecule has 260 valence electrons. The third kappa shape index (κ3) is 6.51. The fraction of sp³-hybridized carbons (Fsp3) is 0.133. The fourth-order valence-corrected chi connectivity index (χ4v) is 6.85. The van der Waals surface area contributed by atoms with Gasteiger partial charge in [-0.15, -0.1) is 15.0 Å². The molecule has 8 heteroatoms. The molecule has 8 aromatic rings. The molecule has 53 heavy (non-hydrogen) atoms. The molecule has 0 bridgehead atoms. The fourth-order valence-electron chi connectivity index (χ4n) is 6.85. The molecule has 3 aromatic heterocycles. The van der Waals surface area contributed by atoms with Gasteiger partial charge in [0.25, 0.3) is 0 Å². The minimum atomic E-state index is -0.857. The van der Waals surface area contributed by atoms with Gasteiger partial charge in [0, 0.05) is 23.4 Å². The number of rotatable bonds is 12. The number of nitrogens with zero attached hydrogens (tertiary/aromatic N) is 6. The zero-order chi connectivity index (χ0) is 36.0. The summed E-state index contributed by atoms with van der Waals surface area (Å²) in [5.74, 6) is 1.78. The Morgan fingerprint density at radius 3 is 1.81 bits per heavy atom. The van der Waals surface area contributed by atoms with E-state index in [0.29, 0.717) is 36.2 Å². The first-order valence-electron chi connectivity index (χ1n) is 17.9. The van der Waals surface area contributed by atoms with E-state index in [1.165, 1.54) is 0 Å². The minimum absolute atomic E-state index is 0.376. The van der Waals surface area contributed by atoms with Crippen LogP contribution >= 0.6 is 0 Å². The molecule has 0 aliphatic carbocycles. The smallest absolute Gasteiger partial charge is 0.214 e. The van der Waals surface area contributed by atoms with Gasteiger partial charge in [0.15, 0.2) is 5.54 Å². The molecule has 8 nitrogen and oxygen atoms in total. The molecule has 0 aliphatic heterocycles. The highest BCUT2D eigenvalue weighted by Gasteiger charge is 2.41. The van der Waals surface area contributed by atoms with Gasteiger partial charge in [-0.1, -0.05) is 146 Å². The SMILES string of the molecule is CCOc1ccc2nc(CC)cc(OCc3ccc(-c4ccccc4-c4nnn(C(c5ccccc5)(c5ccccc5)c5ccccc5)n4)cc3)c2n1. The molecular formula is C45H38N6O2. The Morgan fingerprint density at radius 2 is 1.21 bits per heavy atom. The average molecular weight is 695 g/mol. The summed E-state index contributed by atoms with van der Waals surface area (Å²) in [5, 5.41) is 14.6. The van der Waals surface area contributed by atoms with E-state index in [1.807, 2.05) is 61.5 Å². The predicted molar refractivity (Wildman–Crippen MR) is 208 cm³/mol. The molecule has 0 aliphatic rings. The van der Waals surface area contributed by atoms with Gasteiger partial charge in [0.05, 0.1) is 12.1 Å². The van der Waals surface area contributed by atoms with Crippen molar-refractivity contribution in [2.75, 3.05) is 6.61 Å². The van der Waals surface area contributed by atoms with Crippen molar-refractivity contribution in [3.05, 3.63) is 186 Å². The second kappa shape index (κ2) is 14.9. The standard InChI is InChI=1S/C45H38N6O2/c1-3-37-30-41(43-40(46-37)28-29-42(47-43)52-4-2)53-31-32-24-26-33(27-25-32)38-22-14-15-23-39(38)44-48-50-51(49-44)45(34-16-8-5-9-17-34,35-18-10-6-11-19-35)36-20-12-7-13-21-36/h5-30H,3-4,31H2,1-2H3. The van der Waals surface area contributed by atoms with Gasteiger partial charge in [0.2, 0.25) is 11.7 Å². The topological polar surface area (TPSA) is 87.8 Å². The van der Waals surface area contributed by atoms with Crippen molar-refractivity contribution in [1.82, 2.24) is 30.2 Å². The van der Waals surface area contributed by atoms with Crippen LogP contribution in [0.1, 0.15) is 41.8 Å². The summed E-state index contributed by atoms with van der Waals surface area (Å²) in [6.45, 7) is 4.94. The number of aromatic nitrogens is 6. The maximum Gasteiger partial charge on any atom is 0.214 e. The molecule has 0 atom stereocenters. The second-order valence-electron chi connectivity index (χ2n) is 12.7. The maximum atomic E-state index is 6.37. The molecule has 0 amide bonds. The monoisotopic (exact) mass is 694 g/mol. The van der Waals surface area contributed by atoms with Crippen LogP contribution in [-0.2, 0) is 18.6 Å². The summed E-state index contributed by atoms with van der Waals surface area (Å²) in [4.78, 5) is 11.2. The maximum absolute atomic E-state index is 6.37. The Bertz CT molecular complexity index is 2350. The van der Waals surface area contributed by atoms with Crippen molar-refractivity contribution in [2.45, 2.75) is 32.4 Å². The number of hydrogen-bond acceptors (Lipinski definition) is 7. The van der Waals surface area contributed by atoms with E-state index in [4.69, 9.17) is 29.9 Å². The van der Waals surface area contributed by atoms with Crippen molar-refractivity contribution in [3.63, 3.8) is 0 Å².